The number of benzene rings is 1. The van der Waals surface area contributed by atoms with Crippen molar-refractivity contribution in [3.05, 3.63) is 65.5 Å². The Morgan fingerprint density at radius 2 is 2.00 bits per heavy atom. The number of nitrogens with two attached hydrogens (primary N) is 1. The van der Waals surface area contributed by atoms with Crippen molar-refractivity contribution in [3.63, 3.8) is 0 Å². The molecule has 3 heterocycles. The van der Waals surface area contributed by atoms with Gasteiger partial charge in [0.1, 0.15) is 11.4 Å². The molecule has 11 heteroatoms. The molecule has 1 amide bonds. The van der Waals surface area contributed by atoms with E-state index >= 15 is 0 Å². The number of hydrogen-bond acceptors (Lipinski definition) is 8. The van der Waals surface area contributed by atoms with Gasteiger partial charge in [0, 0.05) is 46.9 Å². The lowest BCUT2D eigenvalue weighted by molar-refractivity contribution is 0.0310. The number of aromatic nitrogens is 6. The molecule has 1 unspecified atom stereocenters. The molecule has 1 aliphatic rings. The van der Waals surface area contributed by atoms with Crippen molar-refractivity contribution < 1.29 is 14.1 Å². The van der Waals surface area contributed by atoms with E-state index in [2.05, 4.69) is 29.9 Å². The SMILES string of the molecule is CC(C)(CC(Cc1nnc(-c2ccncc2)n1C1CC1)c1nc(-c2cccc(Cl)c2)no1)OC(N)=O. The summed E-state index contributed by atoms with van der Waals surface area (Å²) in [7, 11) is 0. The third-order valence-electron chi connectivity index (χ3n) is 6.03. The third kappa shape index (κ3) is 5.38. The van der Waals surface area contributed by atoms with Crippen molar-refractivity contribution in [2.24, 2.45) is 5.73 Å². The first kappa shape index (κ1) is 23.9. The van der Waals surface area contributed by atoms with E-state index in [1.54, 1.807) is 38.4 Å². The Morgan fingerprint density at radius 1 is 1.22 bits per heavy atom. The molecule has 36 heavy (non-hydrogen) atoms. The fraction of sp³-hybridized carbons (Fsp3) is 0.360. The van der Waals surface area contributed by atoms with Crippen molar-refractivity contribution in [2.75, 3.05) is 0 Å². The van der Waals surface area contributed by atoms with Crippen LogP contribution in [0.5, 0.6) is 0 Å². The van der Waals surface area contributed by atoms with E-state index in [1.807, 2.05) is 24.3 Å². The molecule has 1 saturated carbocycles. The maximum absolute atomic E-state index is 11.5. The lowest BCUT2D eigenvalue weighted by Gasteiger charge is -2.27. The quantitative estimate of drug-likeness (QED) is 0.335. The van der Waals surface area contributed by atoms with E-state index in [1.165, 1.54) is 0 Å². The molecule has 3 aromatic heterocycles. The van der Waals surface area contributed by atoms with Crippen molar-refractivity contribution in [2.45, 2.75) is 57.1 Å². The fourth-order valence-electron chi connectivity index (χ4n) is 4.40. The smallest absolute Gasteiger partial charge is 0.405 e. The van der Waals surface area contributed by atoms with Crippen LogP contribution < -0.4 is 5.73 Å². The van der Waals surface area contributed by atoms with Gasteiger partial charge in [0.05, 0.1) is 0 Å². The van der Waals surface area contributed by atoms with Crippen molar-refractivity contribution in [1.29, 1.82) is 0 Å². The number of halogens is 1. The van der Waals surface area contributed by atoms with Crippen LogP contribution in [0.1, 0.15) is 56.8 Å². The van der Waals surface area contributed by atoms with Crippen LogP contribution in [0.3, 0.4) is 0 Å². The first-order valence-electron chi connectivity index (χ1n) is 11.7. The van der Waals surface area contributed by atoms with Crippen LogP contribution in [0.2, 0.25) is 5.02 Å². The highest BCUT2D eigenvalue weighted by Gasteiger charge is 2.35. The summed E-state index contributed by atoms with van der Waals surface area (Å²) >= 11 is 6.14. The molecule has 0 radical (unpaired) electrons. The number of carbonyl (C=O) groups excluding carboxylic acids is 1. The molecule has 2 N–H and O–H groups in total. The van der Waals surface area contributed by atoms with E-state index in [0.29, 0.717) is 35.6 Å². The second-order valence-corrected chi connectivity index (χ2v) is 9.97. The maximum Gasteiger partial charge on any atom is 0.405 e. The van der Waals surface area contributed by atoms with Gasteiger partial charge in [0.15, 0.2) is 5.82 Å². The average Bonchev–Trinajstić information content (AvgIpc) is 3.38. The van der Waals surface area contributed by atoms with E-state index < -0.39 is 11.7 Å². The zero-order valence-electron chi connectivity index (χ0n) is 20.0. The zero-order chi connectivity index (χ0) is 25.3. The standard InChI is InChI=1S/C25H26ClN7O3/c1-25(2,35-24(27)34)14-17(23-29-21(32-36-23)16-4-3-5-18(26)12-16)13-20-30-31-22(33(20)19-6-7-19)15-8-10-28-11-9-15/h3-5,8-12,17,19H,6-7,13-14H2,1-2H3,(H2,27,34). The van der Waals surface area contributed by atoms with Crippen LogP contribution in [0.15, 0.2) is 53.3 Å². The van der Waals surface area contributed by atoms with Gasteiger partial charge in [-0.2, -0.15) is 4.98 Å². The predicted octanol–water partition coefficient (Wildman–Crippen LogP) is 4.97. The molecule has 186 valence electrons. The minimum Gasteiger partial charge on any atom is -0.444 e. The largest absolute Gasteiger partial charge is 0.444 e. The summed E-state index contributed by atoms with van der Waals surface area (Å²) < 4.78 is 13.3. The van der Waals surface area contributed by atoms with Crippen LogP contribution in [0.4, 0.5) is 4.79 Å². The highest BCUT2D eigenvalue weighted by Crippen LogP contribution is 2.40. The summed E-state index contributed by atoms with van der Waals surface area (Å²) in [5.74, 6) is 2.11. The lowest BCUT2D eigenvalue weighted by atomic mass is 9.90. The summed E-state index contributed by atoms with van der Waals surface area (Å²) in [5.41, 5.74) is 6.14. The molecule has 0 saturated heterocycles. The number of primary amides is 1. The Morgan fingerprint density at radius 3 is 2.69 bits per heavy atom. The molecule has 1 atom stereocenters. The Balaban J connectivity index is 1.50. The van der Waals surface area contributed by atoms with Crippen LogP contribution in [-0.2, 0) is 11.2 Å². The average molecular weight is 508 g/mol. The van der Waals surface area contributed by atoms with Gasteiger partial charge in [-0.05, 0) is 57.4 Å². The Bertz CT molecular complexity index is 1370. The number of rotatable bonds is 9. The predicted molar refractivity (Wildman–Crippen MR) is 132 cm³/mol. The molecule has 1 aliphatic carbocycles. The topological polar surface area (TPSA) is 135 Å². The minimum absolute atomic E-state index is 0.313. The monoisotopic (exact) mass is 507 g/mol. The fourth-order valence-corrected chi connectivity index (χ4v) is 4.59. The Kier molecular flexibility index (Phi) is 6.44. The van der Waals surface area contributed by atoms with Crippen molar-refractivity contribution >= 4 is 17.7 Å². The summed E-state index contributed by atoms with van der Waals surface area (Å²) in [4.78, 5) is 20.3. The molecule has 5 rings (SSSR count). The Labute approximate surface area is 212 Å². The first-order valence-corrected chi connectivity index (χ1v) is 12.1. The molecule has 0 bridgehead atoms. The van der Waals surface area contributed by atoms with Gasteiger partial charge in [-0.25, -0.2) is 4.79 Å². The number of hydrogen-bond donors (Lipinski definition) is 1. The van der Waals surface area contributed by atoms with E-state index in [-0.39, 0.29) is 5.92 Å². The summed E-state index contributed by atoms with van der Waals surface area (Å²) in [6.07, 6.45) is 5.59. The van der Waals surface area contributed by atoms with E-state index in [9.17, 15) is 4.79 Å². The number of pyridine rings is 1. The molecule has 0 aliphatic heterocycles. The van der Waals surface area contributed by atoms with E-state index in [0.717, 1.165) is 35.6 Å². The number of nitrogens with zero attached hydrogens (tertiary/aromatic N) is 6. The van der Waals surface area contributed by atoms with Gasteiger partial charge in [0.2, 0.25) is 11.7 Å². The van der Waals surface area contributed by atoms with Gasteiger partial charge in [-0.3, -0.25) is 4.98 Å². The van der Waals surface area contributed by atoms with Gasteiger partial charge < -0.3 is 19.6 Å². The van der Waals surface area contributed by atoms with Gasteiger partial charge in [-0.1, -0.05) is 28.9 Å². The minimum atomic E-state index is -0.875. The summed E-state index contributed by atoms with van der Waals surface area (Å²) in [5, 5.41) is 13.8. The molecule has 4 aromatic rings. The number of amides is 1. The molecule has 10 nitrogen and oxygen atoms in total. The molecule has 1 aromatic carbocycles. The number of ether oxygens (including phenoxy) is 1. The highest BCUT2D eigenvalue weighted by molar-refractivity contribution is 6.30. The van der Waals surface area contributed by atoms with Crippen LogP contribution in [0.25, 0.3) is 22.8 Å². The Hall–Kier alpha value is -3.79. The summed E-state index contributed by atoms with van der Waals surface area (Å²) in [6.45, 7) is 3.60. The maximum atomic E-state index is 11.5. The number of carbonyl (C=O) groups is 1. The zero-order valence-corrected chi connectivity index (χ0v) is 20.7. The van der Waals surface area contributed by atoms with Crippen LogP contribution in [-0.4, -0.2) is 41.6 Å². The highest BCUT2D eigenvalue weighted by atomic mass is 35.5. The lowest BCUT2D eigenvalue weighted by Crippen LogP contribution is -2.33. The van der Waals surface area contributed by atoms with Crippen molar-refractivity contribution in [3.8, 4) is 22.8 Å². The van der Waals surface area contributed by atoms with Gasteiger partial charge in [0.25, 0.3) is 0 Å². The normalized spacial score (nSPS) is 14.5. The molecule has 0 spiro atoms. The molecule has 1 fully saturated rings. The van der Waals surface area contributed by atoms with Crippen LogP contribution in [0, 0.1) is 0 Å². The van der Waals surface area contributed by atoms with Crippen LogP contribution >= 0.6 is 11.6 Å². The van der Waals surface area contributed by atoms with Crippen molar-refractivity contribution in [1.82, 2.24) is 29.9 Å². The first-order chi connectivity index (χ1) is 17.3. The summed E-state index contributed by atoms with van der Waals surface area (Å²) in [6, 6.07) is 11.4. The second-order valence-electron chi connectivity index (χ2n) is 9.53. The van der Waals surface area contributed by atoms with Gasteiger partial charge in [-0.15, -0.1) is 10.2 Å². The van der Waals surface area contributed by atoms with E-state index in [4.69, 9.17) is 26.6 Å². The second kappa shape index (κ2) is 9.69. The van der Waals surface area contributed by atoms with Gasteiger partial charge >= 0.3 is 6.09 Å². The third-order valence-corrected chi connectivity index (χ3v) is 6.27. The molecular formula is C25H26ClN7O3. The molecular weight excluding hydrogens is 482 g/mol.